The third kappa shape index (κ3) is 1.95. The summed E-state index contributed by atoms with van der Waals surface area (Å²) in [4.78, 5) is 2.19. The molecule has 0 unspecified atom stereocenters. The van der Waals surface area contributed by atoms with E-state index in [0.29, 0.717) is 13.2 Å². The Bertz CT molecular complexity index is 379. The van der Waals surface area contributed by atoms with Crippen LogP contribution >= 0.6 is 0 Å². The van der Waals surface area contributed by atoms with Crippen molar-refractivity contribution in [3.05, 3.63) is 35.9 Å². The smallest absolute Gasteiger partial charge is 0.132 e. The molecule has 1 heterocycles. The Kier molecular flexibility index (Phi) is 3.23. The first-order valence-electron chi connectivity index (χ1n) is 5.57. The molecule has 1 aliphatic heterocycles. The molecule has 1 aliphatic rings. The van der Waals surface area contributed by atoms with E-state index in [1.807, 2.05) is 37.3 Å². The summed E-state index contributed by atoms with van der Waals surface area (Å²) in [5.74, 6) is 0. The molecule has 0 amide bonds. The molecule has 2 rings (SSSR count). The zero-order valence-corrected chi connectivity index (χ0v) is 9.52. The van der Waals surface area contributed by atoms with Crippen LogP contribution in [0.1, 0.15) is 12.5 Å². The number of hydrogen-bond acceptors (Lipinski definition) is 3. The van der Waals surface area contributed by atoms with E-state index in [0.717, 1.165) is 18.7 Å². The Labute approximate surface area is 96.2 Å². The zero-order valence-electron chi connectivity index (χ0n) is 9.52. The molecule has 1 fully saturated rings. The number of ether oxygens (including phenoxy) is 1. The minimum absolute atomic E-state index is 0.537. The van der Waals surface area contributed by atoms with Crippen molar-refractivity contribution in [3.63, 3.8) is 0 Å². The minimum atomic E-state index is -0.537. The first-order valence-corrected chi connectivity index (χ1v) is 5.57. The van der Waals surface area contributed by atoms with Gasteiger partial charge in [0.05, 0.1) is 19.3 Å². The maximum absolute atomic E-state index is 9.46. The van der Waals surface area contributed by atoms with E-state index in [-0.39, 0.29) is 0 Å². The van der Waals surface area contributed by atoms with Gasteiger partial charge >= 0.3 is 0 Å². The molecule has 3 heteroatoms. The van der Waals surface area contributed by atoms with E-state index in [4.69, 9.17) is 4.74 Å². The fourth-order valence-electron chi connectivity index (χ4n) is 2.09. The van der Waals surface area contributed by atoms with Gasteiger partial charge in [0.2, 0.25) is 0 Å². The van der Waals surface area contributed by atoms with E-state index in [9.17, 15) is 5.26 Å². The normalized spacial score (nSPS) is 21.0. The SMILES string of the molecule is C[C@](C#N)(c1ccccc1)N1CCOCC1. The van der Waals surface area contributed by atoms with Gasteiger partial charge in [0.1, 0.15) is 5.54 Å². The number of nitriles is 1. The number of hydrogen-bond donors (Lipinski definition) is 0. The largest absolute Gasteiger partial charge is 0.379 e. The number of rotatable bonds is 2. The van der Waals surface area contributed by atoms with Gasteiger partial charge in [-0.05, 0) is 12.5 Å². The monoisotopic (exact) mass is 216 g/mol. The van der Waals surface area contributed by atoms with Crippen molar-refractivity contribution in [2.24, 2.45) is 0 Å². The molecular formula is C13H16N2O. The Morgan fingerprint density at radius 2 is 1.88 bits per heavy atom. The van der Waals surface area contributed by atoms with Crippen LogP contribution in [0.3, 0.4) is 0 Å². The highest BCUT2D eigenvalue weighted by Gasteiger charge is 2.34. The van der Waals surface area contributed by atoms with Crippen molar-refractivity contribution in [2.75, 3.05) is 26.3 Å². The molecule has 0 bridgehead atoms. The van der Waals surface area contributed by atoms with Crippen molar-refractivity contribution >= 4 is 0 Å². The molecule has 84 valence electrons. The van der Waals surface area contributed by atoms with E-state index in [1.54, 1.807) is 0 Å². The molecule has 0 saturated carbocycles. The van der Waals surface area contributed by atoms with Gasteiger partial charge in [-0.25, -0.2) is 0 Å². The van der Waals surface area contributed by atoms with E-state index in [1.165, 1.54) is 0 Å². The lowest BCUT2D eigenvalue weighted by atomic mass is 9.91. The number of nitrogens with zero attached hydrogens (tertiary/aromatic N) is 2. The van der Waals surface area contributed by atoms with Crippen LogP contribution in [-0.2, 0) is 10.3 Å². The topological polar surface area (TPSA) is 36.3 Å². The lowest BCUT2D eigenvalue weighted by molar-refractivity contribution is 0.000441. The Hall–Kier alpha value is -1.37. The van der Waals surface area contributed by atoms with Crippen LogP contribution in [0.2, 0.25) is 0 Å². The second-order valence-corrected chi connectivity index (χ2v) is 4.15. The summed E-state index contributed by atoms with van der Waals surface area (Å²) in [6.45, 7) is 5.04. The van der Waals surface area contributed by atoms with E-state index < -0.39 is 5.54 Å². The average Bonchev–Trinajstić information content (AvgIpc) is 2.40. The minimum Gasteiger partial charge on any atom is -0.379 e. The van der Waals surface area contributed by atoms with E-state index >= 15 is 0 Å². The summed E-state index contributed by atoms with van der Waals surface area (Å²) < 4.78 is 5.32. The van der Waals surface area contributed by atoms with Crippen LogP contribution in [0.25, 0.3) is 0 Å². The third-order valence-electron chi connectivity index (χ3n) is 3.20. The first-order chi connectivity index (χ1) is 7.77. The maximum Gasteiger partial charge on any atom is 0.132 e. The molecule has 0 radical (unpaired) electrons. The molecule has 0 aliphatic carbocycles. The van der Waals surface area contributed by atoms with Crippen LogP contribution < -0.4 is 0 Å². The van der Waals surface area contributed by atoms with Crippen LogP contribution in [-0.4, -0.2) is 31.2 Å². The van der Waals surface area contributed by atoms with Gasteiger partial charge in [0, 0.05) is 13.1 Å². The molecule has 1 aromatic rings. The fourth-order valence-corrected chi connectivity index (χ4v) is 2.09. The highest BCUT2D eigenvalue weighted by molar-refractivity contribution is 5.30. The molecular weight excluding hydrogens is 200 g/mol. The predicted molar refractivity (Wildman–Crippen MR) is 61.8 cm³/mol. The van der Waals surface area contributed by atoms with Crippen molar-refractivity contribution in [3.8, 4) is 6.07 Å². The lowest BCUT2D eigenvalue weighted by Crippen LogP contribution is -2.48. The first kappa shape index (κ1) is 11.1. The highest BCUT2D eigenvalue weighted by Crippen LogP contribution is 2.27. The van der Waals surface area contributed by atoms with Crippen LogP contribution in [0.5, 0.6) is 0 Å². The van der Waals surface area contributed by atoms with Gasteiger partial charge in [0.25, 0.3) is 0 Å². The summed E-state index contributed by atoms with van der Waals surface area (Å²) >= 11 is 0. The highest BCUT2D eigenvalue weighted by atomic mass is 16.5. The Morgan fingerprint density at radius 3 is 2.44 bits per heavy atom. The second kappa shape index (κ2) is 4.65. The van der Waals surface area contributed by atoms with Gasteiger partial charge in [0.15, 0.2) is 0 Å². The molecule has 0 aromatic heterocycles. The standard InChI is InChI=1S/C13H16N2O/c1-13(11-14,12-5-3-2-4-6-12)15-7-9-16-10-8-15/h2-6H,7-10H2,1H3/t13-/m0/s1. The van der Waals surface area contributed by atoms with Gasteiger partial charge in [-0.1, -0.05) is 30.3 Å². The maximum atomic E-state index is 9.46. The zero-order chi connectivity index (χ0) is 11.4. The molecule has 1 aromatic carbocycles. The quantitative estimate of drug-likeness (QED) is 0.755. The molecule has 1 atom stereocenters. The summed E-state index contributed by atoms with van der Waals surface area (Å²) in [6, 6.07) is 12.4. The van der Waals surface area contributed by atoms with Crippen molar-refractivity contribution in [1.29, 1.82) is 5.26 Å². The van der Waals surface area contributed by atoms with Gasteiger partial charge in [-0.15, -0.1) is 0 Å². The summed E-state index contributed by atoms with van der Waals surface area (Å²) in [5, 5.41) is 9.46. The van der Waals surface area contributed by atoms with Crippen LogP contribution in [0.4, 0.5) is 0 Å². The van der Waals surface area contributed by atoms with Crippen molar-refractivity contribution in [2.45, 2.75) is 12.5 Å². The van der Waals surface area contributed by atoms with Crippen molar-refractivity contribution in [1.82, 2.24) is 4.90 Å². The second-order valence-electron chi connectivity index (χ2n) is 4.15. The Balaban J connectivity index is 2.29. The predicted octanol–water partition coefficient (Wildman–Crippen LogP) is 1.76. The summed E-state index contributed by atoms with van der Waals surface area (Å²) in [7, 11) is 0. The summed E-state index contributed by atoms with van der Waals surface area (Å²) in [6.07, 6.45) is 0. The van der Waals surface area contributed by atoms with E-state index in [2.05, 4.69) is 11.0 Å². The number of benzene rings is 1. The Morgan fingerprint density at radius 1 is 1.25 bits per heavy atom. The third-order valence-corrected chi connectivity index (χ3v) is 3.20. The molecule has 16 heavy (non-hydrogen) atoms. The lowest BCUT2D eigenvalue weighted by Gasteiger charge is -2.38. The molecule has 1 saturated heterocycles. The van der Waals surface area contributed by atoms with Gasteiger partial charge in [-0.3, -0.25) is 4.90 Å². The average molecular weight is 216 g/mol. The summed E-state index contributed by atoms with van der Waals surface area (Å²) in [5.41, 5.74) is 0.518. The fraction of sp³-hybridized carbons (Fsp3) is 0.462. The van der Waals surface area contributed by atoms with Crippen LogP contribution in [0.15, 0.2) is 30.3 Å². The number of morpholine rings is 1. The van der Waals surface area contributed by atoms with Crippen LogP contribution in [0, 0.1) is 11.3 Å². The molecule has 0 N–H and O–H groups in total. The van der Waals surface area contributed by atoms with Crippen molar-refractivity contribution < 1.29 is 4.74 Å². The van der Waals surface area contributed by atoms with Gasteiger partial charge < -0.3 is 4.74 Å². The van der Waals surface area contributed by atoms with Gasteiger partial charge in [-0.2, -0.15) is 5.26 Å². The molecule has 3 nitrogen and oxygen atoms in total. The molecule has 0 spiro atoms.